The first-order valence-electron chi connectivity index (χ1n) is 10.3. The molecule has 30 heavy (non-hydrogen) atoms. The summed E-state index contributed by atoms with van der Waals surface area (Å²) in [5, 5.41) is 2.28. The highest BCUT2D eigenvalue weighted by atomic mass is 32.2. The standard InChI is InChI=1S/C23H30N2O4S/c1-17(2)30(27,28)22-10-5-4-9-21(22)23(26)24-14-19-7-6-8-20(13-19)16-25-11-12-29-18(3)15-25/h4-10,13,17-18H,11-12,14-16H2,1-3H3,(H,24,26). The number of benzene rings is 2. The van der Waals surface area contributed by atoms with Gasteiger partial charge in [-0.1, -0.05) is 36.4 Å². The SMILES string of the molecule is CC1CN(Cc2cccc(CNC(=O)c3ccccc3S(=O)(=O)C(C)C)c2)CCO1. The second-order valence-corrected chi connectivity index (χ2v) is 10.5. The van der Waals surface area contributed by atoms with E-state index in [1.54, 1.807) is 32.0 Å². The maximum atomic E-state index is 12.7. The minimum atomic E-state index is -3.54. The number of nitrogens with one attached hydrogen (secondary N) is 1. The number of morpholine rings is 1. The molecule has 1 aliphatic rings. The fourth-order valence-electron chi connectivity index (χ4n) is 3.56. The molecule has 1 heterocycles. The summed E-state index contributed by atoms with van der Waals surface area (Å²) in [6.45, 7) is 9.04. The number of hydrogen-bond donors (Lipinski definition) is 1. The van der Waals surface area contributed by atoms with Crippen molar-refractivity contribution < 1.29 is 17.9 Å². The van der Waals surface area contributed by atoms with Gasteiger partial charge in [-0.05, 0) is 44.0 Å². The van der Waals surface area contributed by atoms with Crippen LogP contribution < -0.4 is 5.32 Å². The predicted octanol–water partition coefficient (Wildman–Crippen LogP) is 3.02. The van der Waals surface area contributed by atoms with Crippen LogP contribution in [0.25, 0.3) is 0 Å². The highest BCUT2D eigenvalue weighted by Gasteiger charge is 2.25. The van der Waals surface area contributed by atoms with E-state index in [1.807, 2.05) is 12.1 Å². The molecule has 3 rings (SSSR count). The van der Waals surface area contributed by atoms with Gasteiger partial charge in [0.25, 0.3) is 5.91 Å². The van der Waals surface area contributed by atoms with Crippen molar-refractivity contribution in [2.24, 2.45) is 0 Å². The molecule has 1 saturated heterocycles. The molecule has 0 aliphatic carbocycles. The maximum absolute atomic E-state index is 12.7. The van der Waals surface area contributed by atoms with Crippen LogP contribution in [0, 0.1) is 0 Å². The summed E-state index contributed by atoms with van der Waals surface area (Å²) in [5.74, 6) is -0.387. The van der Waals surface area contributed by atoms with Gasteiger partial charge in [-0.2, -0.15) is 0 Å². The van der Waals surface area contributed by atoms with Crippen molar-refractivity contribution in [3.8, 4) is 0 Å². The van der Waals surface area contributed by atoms with Gasteiger partial charge in [0.2, 0.25) is 0 Å². The van der Waals surface area contributed by atoms with E-state index in [9.17, 15) is 13.2 Å². The molecule has 7 heteroatoms. The van der Waals surface area contributed by atoms with Gasteiger partial charge in [-0.25, -0.2) is 8.42 Å². The molecule has 1 fully saturated rings. The molecule has 1 aliphatic heterocycles. The van der Waals surface area contributed by atoms with Crippen molar-refractivity contribution in [2.75, 3.05) is 19.7 Å². The number of sulfone groups is 1. The van der Waals surface area contributed by atoms with Crippen molar-refractivity contribution in [1.29, 1.82) is 0 Å². The summed E-state index contributed by atoms with van der Waals surface area (Å²) >= 11 is 0. The molecule has 162 valence electrons. The van der Waals surface area contributed by atoms with Gasteiger partial charge in [0.15, 0.2) is 9.84 Å². The van der Waals surface area contributed by atoms with Gasteiger partial charge >= 0.3 is 0 Å². The van der Waals surface area contributed by atoms with Gasteiger partial charge < -0.3 is 10.1 Å². The number of carbonyl (C=O) groups is 1. The van der Waals surface area contributed by atoms with Crippen molar-refractivity contribution >= 4 is 15.7 Å². The third-order valence-electron chi connectivity index (χ3n) is 5.23. The van der Waals surface area contributed by atoms with E-state index in [4.69, 9.17) is 4.74 Å². The average Bonchev–Trinajstić information content (AvgIpc) is 2.72. The van der Waals surface area contributed by atoms with E-state index in [2.05, 4.69) is 29.3 Å². The molecule has 1 atom stereocenters. The van der Waals surface area contributed by atoms with Gasteiger partial charge in [0.05, 0.1) is 28.4 Å². The summed E-state index contributed by atoms with van der Waals surface area (Å²) in [6, 6.07) is 14.5. The lowest BCUT2D eigenvalue weighted by atomic mass is 10.1. The monoisotopic (exact) mass is 430 g/mol. The Hall–Kier alpha value is -2.22. The average molecular weight is 431 g/mol. The van der Waals surface area contributed by atoms with Crippen LogP contribution in [0.5, 0.6) is 0 Å². The minimum Gasteiger partial charge on any atom is -0.376 e. The highest BCUT2D eigenvalue weighted by Crippen LogP contribution is 2.20. The normalized spacial score (nSPS) is 17.8. The zero-order valence-corrected chi connectivity index (χ0v) is 18.6. The molecule has 6 nitrogen and oxygen atoms in total. The van der Waals surface area contributed by atoms with Gasteiger partial charge in [-0.15, -0.1) is 0 Å². The Balaban J connectivity index is 1.67. The van der Waals surface area contributed by atoms with Crippen LogP contribution in [-0.2, 0) is 27.7 Å². The molecule has 2 aromatic carbocycles. The van der Waals surface area contributed by atoms with Crippen molar-refractivity contribution in [2.45, 2.75) is 50.1 Å². The molecule has 2 aromatic rings. The number of nitrogens with zero attached hydrogens (tertiary/aromatic N) is 1. The Labute approximate surface area is 179 Å². The van der Waals surface area contributed by atoms with Gasteiger partial charge in [0, 0.05) is 26.2 Å². The molecule has 0 saturated carbocycles. The van der Waals surface area contributed by atoms with Crippen molar-refractivity contribution in [3.05, 3.63) is 65.2 Å². The van der Waals surface area contributed by atoms with E-state index in [1.165, 1.54) is 11.6 Å². The quantitative estimate of drug-likeness (QED) is 0.731. The molecule has 1 amide bonds. The van der Waals surface area contributed by atoms with Crippen molar-refractivity contribution in [3.63, 3.8) is 0 Å². The lowest BCUT2D eigenvalue weighted by molar-refractivity contribution is -0.0212. The van der Waals surface area contributed by atoms with Crippen LogP contribution in [0.15, 0.2) is 53.4 Å². The molecular formula is C23H30N2O4S. The Kier molecular flexibility index (Phi) is 7.28. The first-order valence-corrected chi connectivity index (χ1v) is 11.8. The smallest absolute Gasteiger partial charge is 0.252 e. The zero-order valence-electron chi connectivity index (χ0n) is 17.8. The molecule has 1 N–H and O–H groups in total. The highest BCUT2D eigenvalue weighted by molar-refractivity contribution is 7.92. The van der Waals surface area contributed by atoms with Gasteiger partial charge in [0.1, 0.15) is 0 Å². The van der Waals surface area contributed by atoms with Crippen LogP contribution in [0.1, 0.15) is 42.3 Å². The number of carbonyl (C=O) groups excluding carboxylic acids is 1. The molecule has 0 spiro atoms. The number of rotatable bonds is 7. The van der Waals surface area contributed by atoms with E-state index >= 15 is 0 Å². The Morgan fingerprint density at radius 1 is 1.17 bits per heavy atom. The van der Waals surface area contributed by atoms with Crippen LogP contribution in [0.4, 0.5) is 0 Å². The molecule has 0 bridgehead atoms. The second kappa shape index (κ2) is 9.73. The van der Waals surface area contributed by atoms with Gasteiger partial charge in [-0.3, -0.25) is 9.69 Å². The van der Waals surface area contributed by atoms with Crippen molar-refractivity contribution in [1.82, 2.24) is 10.2 Å². The number of hydrogen-bond acceptors (Lipinski definition) is 5. The number of amides is 1. The minimum absolute atomic E-state index is 0.0766. The van der Waals surface area contributed by atoms with Crippen LogP contribution in [0.3, 0.4) is 0 Å². The Morgan fingerprint density at radius 2 is 1.90 bits per heavy atom. The molecule has 0 radical (unpaired) electrons. The molecule has 0 aromatic heterocycles. The summed E-state index contributed by atoms with van der Waals surface area (Å²) in [6.07, 6.45) is 0.239. The van der Waals surface area contributed by atoms with E-state index in [0.29, 0.717) is 6.54 Å². The summed E-state index contributed by atoms with van der Waals surface area (Å²) < 4.78 is 30.8. The summed E-state index contributed by atoms with van der Waals surface area (Å²) in [4.78, 5) is 15.2. The lowest BCUT2D eigenvalue weighted by Gasteiger charge is -2.31. The second-order valence-electron chi connectivity index (χ2n) is 8.01. The van der Waals surface area contributed by atoms with E-state index in [-0.39, 0.29) is 22.5 Å². The zero-order chi connectivity index (χ0) is 21.7. The summed E-state index contributed by atoms with van der Waals surface area (Å²) in [5.41, 5.74) is 2.34. The first-order chi connectivity index (χ1) is 14.3. The third-order valence-corrected chi connectivity index (χ3v) is 7.44. The van der Waals surface area contributed by atoms with Crippen LogP contribution >= 0.6 is 0 Å². The largest absolute Gasteiger partial charge is 0.376 e. The molecule has 1 unspecified atom stereocenters. The fraction of sp³-hybridized carbons (Fsp3) is 0.435. The topological polar surface area (TPSA) is 75.7 Å². The van der Waals surface area contributed by atoms with E-state index < -0.39 is 15.1 Å². The predicted molar refractivity (Wildman–Crippen MR) is 117 cm³/mol. The fourth-order valence-corrected chi connectivity index (χ4v) is 4.81. The Bertz CT molecular complexity index is 988. The maximum Gasteiger partial charge on any atom is 0.252 e. The van der Waals surface area contributed by atoms with E-state index in [0.717, 1.165) is 31.8 Å². The first kappa shape index (κ1) is 22.5. The third kappa shape index (κ3) is 5.47. The van der Waals surface area contributed by atoms with Crippen LogP contribution in [0.2, 0.25) is 0 Å². The number of ether oxygens (including phenoxy) is 1. The molecular weight excluding hydrogens is 400 g/mol. The Morgan fingerprint density at radius 3 is 2.63 bits per heavy atom. The summed E-state index contributed by atoms with van der Waals surface area (Å²) in [7, 11) is -3.54. The van der Waals surface area contributed by atoms with Crippen LogP contribution in [-0.4, -0.2) is 50.3 Å². The lowest BCUT2D eigenvalue weighted by Crippen LogP contribution is -2.40.